The maximum atomic E-state index is 13.7. The summed E-state index contributed by atoms with van der Waals surface area (Å²) in [5.41, 5.74) is 7.94. The van der Waals surface area contributed by atoms with Crippen LogP contribution in [-0.2, 0) is 57.7 Å². The molecule has 0 spiro atoms. The van der Waals surface area contributed by atoms with Crippen molar-refractivity contribution >= 4 is 73.2 Å². The Kier molecular flexibility index (Phi) is 43.8. The Hall–Kier alpha value is -10.5. The van der Waals surface area contributed by atoms with E-state index < -0.39 is 36.9 Å². The first-order valence-corrected chi connectivity index (χ1v) is 51.5. The van der Waals surface area contributed by atoms with Crippen LogP contribution in [0.25, 0.3) is 0 Å². The van der Waals surface area contributed by atoms with Gasteiger partial charge in [0, 0.05) is 41.9 Å². The van der Waals surface area contributed by atoms with Crippen LogP contribution in [-0.4, -0.2) is 181 Å². The van der Waals surface area contributed by atoms with Crippen LogP contribution in [0.3, 0.4) is 0 Å². The minimum absolute atomic E-state index is 0. The Bertz CT molecular complexity index is 4920. The number of hydrogen-bond donors (Lipinski definition) is 7. The van der Waals surface area contributed by atoms with Gasteiger partial charge in [-0.2, -0.15) is 0 Å². The Morgan fingerprint density at radius 2 is 0.703 bits per heavy atom. The molecule has 0 saturated carbocycles. The number of amides is 3. The Labute approximate surface area is 762 Å². The van der Waals surface area contributed by atoms with Gasteiger partial charge < -0.3 is 77.9 Å². The first kappa shape index (κ1) is 110. The topological polar surface area (TPSA) is 343 Å². The molecule has 27 heteroatoms. The lowest BCUT2D eigenvalue weighted by Gasteiger charge is -2.37. The molecular weight excluding hydrogens is 1680 g/mol. The predicted octanol–water partition coefficient (Wildman–Crippen LogP) is 20.8. The third-order valence-electron chi connectivity index (χ3n) is 24.4. The molecule has 7 N–H and O–H groups in total. The maximum absolute atomic E-state index is 13.7. The molecule has 128 heavy (non-hydrogen) atoms. The molecule has 0 unspecified atom stereocenters. The number of aromatic hydroxyl groups is 2. The quantitative estimate of drug-likeness (QED) is 0.0159. The number of aldehydes is 2. The van der Waals surface area contributed by atoms with Gasteiger partial charge >= 0.3 is 17.9 Å². The molecule has 8 aromatic carbocycles. The summed E-state index contributed by atoms with van der Waals surface area (Å²) >= 11 is 0. The number of carbonyl (C=O) groups is 8. The number of benzene rings is 8. The number of ether oxygens (including phenoxy) is 3. The van der Waals surface area contributed by atoms with E-state index in [1.807, 2.05) is 88.7 Å². The second-order valence-corrected chi connectivity index (χ2v) is 50.4. The van der Waals surface area contributed by atoms with Crippen LogP contribution in [0, 0.1) is 0 Å². The van der Waals surface area contributed by atoms with Gasteiger partial charge in [-0.1, -0.05) is 206 Å². The fourth-order valence-corrected chi connectivity index (χ4v) is 16.4. The first-order valence-electron chi connectivity index (χ1n) is 42.7. The van der Waals surface area contributed by atoms with Crippen LogP contribution >= 0.6 is 0 Å². The summed E-state index contributed by atoms with van der Waals surface area (Å²) in [6, 6.07) is 52.4. The zero-order chi connectivity index (χ0) is 92.0. The van der Waals surface area contributed by atoms with Crippen molar-refractivity contribution in [2.75, 3.05) is 39.5 Å². The first-order chi connectivity index (χ1) is 59.1. The number of nitrogens with zero attached hydrogens (tertiary/aromatic N) is 3. The molecule has 4 heterocycles. The number of aromatic carboxylic acids is 2. The van der Waals surface area contributed by atoms with E-state index >= 15 is 0 Å². The lowest BCUT2D eigenvalue weighted by molar-refractivity contribution is 0.0498. The summed E-state index contributed by atoms with van der Waals surface area (Å²) in [6.45, 7) is 36.8. The van der Waals surface area contributed by atoms with Crippen molar-refractivity contribution < 1.29 is 102 Å². The van der Waals surface area contributed by atoms with Crippen LogP contribution in [0.4, 0.5) is 0 Å². The van der Waals surface area contributed by atoms with Crippen molar-refractivity contribution in [3.05, 3.63) is 260 Å². The molecular formula is C101H141N3O21Si3. The number of phenolic OH excluding ortho intramolecular Hbond substituents is 2. The Balaban J connectivity index is 0.000000334. The second kappa shape index (κ2) is 51.1. The van der Waals surface area contributed by atoms with E-state index in [9.17, 15) is 58.8 Å². The minimum Gasteiger partial charge on any atom is -0.507 e. The van der Waals surface area contributed by atoms with Crippen molar-refractivity contribution in [2.45, 2.75) is 255 Å². The highest BCUT2D eigenvalue weighted by Crippen LogP contribution is 2.41. The fraction of sp³-hybridized carbons (Fsp3) is 0.446. The van der Waals surface area contributed by atoms with Gasteiger partial charge in [-0.05, 0) is 201 Å². The van der Waals surface area contributed by atoms with Gasteiger partial charge in [-0.25, -0.2) is 14.4 Å². The lowest BCUT2D eigenvalue weighted by atomic mass is 9.99. The number of aliphatic hydroxyl groups excluding tert-OH is 3. The number of carboxylic acids is 2. The molecule has 0 aromatic heterocycles. The molecule has 4 aliphatic rings. The molecule has 698 valence electrons. The summed E-state index contributed by atoms with van der Waals surface area (Å²) in [5, 5.41) is 65.6. The number of aliphatic hydroxyl groups is 3. The number of cyclic esters (lactones) is 1. The molecule has 3 atom stereocenters. The Morgan fingerprint density at radius 3 is 1.03 bits per heavy atom. The third-order valence-corrected chi connectivity index (χ3v) is 37.9. The van der Waals surface area contributed by atoms with Crippen molar-refractivity contribution in [1.82, 2.24) is 14.7 Å². The fourth-order valence-electron chi connectivity index (χ4n) is 13.5. The number of carboxylic acid groups (broad SMARTS) is 2. The zero-order valence-corrected chi connectivity index (χ0v) is 78.2. The number of likely N-dealkylation sites (tertiary alicyclic amines) is 3. The average molecular weight is 1820 g/mol. The highest BCUT2D eigenvalue weighted by Gasteiger charge is 2.41. The molecule has 8 aromatic rings. The Morgan fingerprint density at radius 1 is 0.406 bits per heavy atom. The number of phenols is 2. The molecule has 24 nitrogen and oxygen atoms in total. The largest absolute Gasteiger partial charge is 0.507 e. The highest BCUT2D eigenvalue weighted by molar-refractivity contribution is 6.75. The third kappa shape index (κ3) is 30.6. The SMILES string of the molecule is C.C.C.CC(C)(C)[Si](C)(C)OCc1ccccc1C(=O)N1CCCC[C@H]1CO.CC(C)(C)[Si](C)(C)OCc1ccccc1C(=O)N1CCCC[C@H]1COc1cccc(O)c1C=O.CC(C)(C)[Si](C)(C)OCc1ccccc1C(=O)O.O=C(O)c1ccccc1CO.O=C1OCc2ccccc21.O=Cc1c(O)cccc1OC[C@@H]1CCCCN1C(=O)c1ccccc1CO. The monoisotopic (exact) mass is 1820 g/mol. The summed E-state index contributed by atoms with van der Waals surface area (Å²) in [7, 11) is -5.66. The van der Waals surface area contributed by atoms with Gasteiger partial charge in [0.15, 0.2) is 37.5 Å². The van der Waals surface area contributed by atoms with E-state index in [1.54, 1.807) is 89.8 Å². The summed E-state index contributed by atoms with van der Waals surface area (Å²) in [4.78, 5) is 100. The molecule has 4 aliphatic heterocycles. The smallest absolute Gasteiger partial charge is 0.338 e. The highest BCUT2D eigenvalue weighted by atomic mass is 28.4. The van der Waals surface area contributed by atoms with Crippen LogP contribution < -0.4 is 9.47 Å². The molecule has 3 saturated heterocycles. The number of esters is 1. The molecule has 3 amide bonds. The number of piperidine rings is 3. The van der Waals surface area contributed by atoms with Crippen LogP contribution in [0.2, 0.25) is 54.4 Å². The number of fused-ring (bicyclic) bond motifs is 1. The van der Waals surface area contributed by atoms with E-state index in [2.05, 4.69) is 102 Å². The van der Waals surface area contributed by atoms with E-state index in [0.717, 1.165) is 86.6 Å². The number of hydrogen-bond acceptors (Lipinski definition) is 19. The van der Waals surface area contributed by atoms with Gasteiger partial charge in [0.05, 0.1) is 85.6 Å². The number of carbonyl (C=O) groups excluding carboxylic acids is 6. The van der Waals surface area contributed by atoms with Crippen molar-refractivity contribution in [3.8, 4) is 23.0 Å². The molecule has 0 radical (unpaired) electrons. The van der Waals surface area contributed by atoms with E-state index in [-0.39, 0.29) is 140 Å². The van der Waals surface area contributed by atoms with Gasteiger partial charge in [0.2, 0.25) is 0 Å². The number of rotatable bonds is 25. The molecule has 0 aliphatic carbocycles. The normalized spacial score (nSPS) is 15.5. The zero-order valence-electron chi connectivity index (χ0n) is 75.2. The maximum Gasteiger partial charge on any atom is 0.338 e. The standard InChI is InChI=1S/C27H37NO5Si.C21H23NO5.C20H33NO3Si.C14H22O3Si.C8H8O3.C8H6O2.3CH4/c1-27(2,3)34(4,5)33-18-20-11-6-7-13-22(20)26(31)28-16-9-8-12-21(28)19-32-25-15-10-14-24(30)23(25)17-29;23-12-15-6-1-2-8-17(15)21(26)22-11-4-3-7-16(22)14-27-20-10-5-9-19(25)18(20)13-24;1-20(2,3)25(4,5)24-15-16-10-6-7-12-18(16)19(23)21-13-9-8-11-17(21)14-22;1-14(2,3)18(4,5)17-10-11-8-6-7-9-12(11)13(15)16;9-5-6-3-1-2-4-7(6)8(10)11;9-8-7-4-2-1-3-6(7)5-10-8;;;/h6-7,10-11,13-15,17,21,30H,8-9,12,16,18-19H2,1-5H3;1-2,5-6,8-10,13,16,23,25H,3-4,7,11-12,14H2;6-7,10,12,17,22H,8-9,11,13-15H2,1-5H3;6-9H,10H2,1-5H3,(H,15,16);1-4,9H,5H2,(H,10,11);1-4H,5H2;3*1H4/t21-;16-;17-;;;;;;/m000....../s1. The summed E-state index contributed by atoms with van der Waals surface area (Å²) in [6.07, 6.45) is 9.58. The van der Waals surface area contributed by atoms with Crippen molar-refractivity contribution in [2.24, 2.45) is 0 Å². The van der Waals surface area contributed by atoms with Gasteiger partial charge in [-0.3, -0.25) is 24.0 Å². The van der Waals surface area contributed by atoms with Crippen LogP contribution in [0.15, 0.2) is 182 Å². The average Bonchev–Trinajstić information content (AvgIpc) is 1.13. The minimum atomic E-state index is -1.96. The summed E-state index contributed by atoms with van der Waals surface area (Å²) < 4.78 is 35.3. The van der Waals surface area contributed by atoms with Crippen LogP contribution in [0.1, 0.15) is 259 Å². The lowest BCUT2D eigenvalue weighted by Crippen LogP contribution is -2.47. The second-order valence-electron chi connectivity index (χ2n) is 36.0. The van der Waals surface area contributed by atoms with Crippen molar-refractivity contribution in [3.63, 3.8) is 0 Å². The summed E-state index contributed by atoms with van der Waals surface area (Å²) in [5.74, 6) is -1.83. The molecule has 12 rings (SSSR count). The van der Waals surface area contributed by atoms with Crippen molar-refractivity contribution in [1.29, 1.82) is 0 Å². The molecule has 3 fully saturated rings. The van der Waals surface area contributed by atoms with Gasteiger partial charge in [0.1, 0.15) is 42.8 Å². The predicted molar refractivity (Wildman–Crippen MR) is 511 cm³/mol. The van der Waals surface area contributed by atoms with Gasteiger partial charge in [0.25, 0.3) is 17.7 Å². The van der Waals surface area contributed by atoms with Crippen LogP contribution in [0.5, 0.6) is 23.0 Å². The molecule has 0 bridgehead atoms. The van der Waals surface area contributed by atoms with Gasteiger partial charge in [-0.15, -0.1) is 0 Å². The van der Waals surface area contributed by atoms with E-state index in [4.69, 9.17) is 42.8 Å². The van der Waals surface area contributed by atoms with E-state index in [1.165, 1.54) is 18.2 Å². The van der Waals surface area contributed by atoms with E-state index in [0.29, 0.717) is 103 Å².